The Hall–Kier alpha value is -0.970. The summed E-state index contributed by atoms with van der Waals surface area (Å²) in [7, 11) is 3.19. The zero-order chi connectivity index (χ0) is 10.9. The molecule has 0 aromatic carbocycles. The molecular formula is C11H17NO3. The molecule has 0 unspecified atom stereocenters. The summed E-state index contributed by atoms with van der Waals surface area (Å²) in [6, 6.07) is 5.85. The molecule has 0 atom stereocenters. The van der Waals surface area contributed by atoms with Crippen LogP contribution in [0, 0.1) is 0 Å². The standard InChI is InChI=1S/C11H17NO3/c1-13-11(14-2)9-15-8-6-10-5-3-4-7-12-10/h3-5,7,11H,6,8-9H2,1-2H3. The molecule has 0 radical (unpaired) electrons. The van der Waals surface area contributed by atoms with Crippen LogP contribution in [0.15, 0.2) is 24.4 Å². The average Bonchev–Trinajstić information content (AvgIpc) is 2.31. The summed E-state index contributed by atoms with van der Waals surface area (Å²) >= 11 is 0. The van der Waals surface area contributed by atoms with E-state index in [1.165, 1.54) is 0 Å². The SMILES string of the molecule is COC(COCCc1ccccn1)OC. The maximum atomic E-state index is 5.39. The summed E-state index contributed by atoms with van der Waals surface area (Å²) in [5.41, 5.74) is 1.03. The predicted molar refractivity (Wildman–Crippen MR) is 56.6 cm³/mol. The highest BCUT2D eigenvalue weighted by molar-refractivity contribution is 5.03. The molecule has 0 aliphatic carbocycles. The number of nitrogens with zero attached hydrogens (tertiary/aromatic N) is 1. The van der Waals surface area contributed by atoms with Crippen molar-refractivity contribution in [3.63, 3.8) is 0 Å². The first-order valence-electron chi connectivity index (χ1n) is 4.90. The van der Waals surface area contributed by atoms with Crippen molar-refractivity contribution in [3.05, 3.63) is 30.1 Å². The molecule has 0 aliphatic heterocycles. The van der Waals surface area contributed by atoms with Gasteiger partial charge in [-0.1, -0.05) is 6.07 Å². The zero-order valence-corrected chi connectivity index (χ0v) is 9.18. The molecule has 0 amide bonds. The number of aromatic nitrogens is 1. The van der Waals surface area contributed by atoms with Gasteiger partial charge in [0.1, 0.15) is 0 Å². The van der Waals surface area contributed by atoms with Crippen LogP contribution in [0.2, 0.25) is 0 Å². The van der Waals surface area contributed by atoms with Gasteiger partial charge in [-0.05, 0) is 12.1 Å². The summed E-state index contributed by atoms with van der Waals surface area (Å²) in [6.07, 6.45) is 2.30. The second-order valence-corrected chi connectivity index (χ2v) is 3.05. The number of hydrogen-bond acceptors (Lipinski definition) is 4. The first-order chi connectivity index (χ1) is 7.36. The van der Waals surface area contributed by atoms with E-state index in [-0.39, 0.29) is 6.29 Å². The van der Waals surface area contributed by atoms with Crippen LogP contribution in [0.1, 0.15) is 5.69 Å². The molecule has 15 heavy (non-hydrogen) atoms. The Morgan fingerprint density at radius 1 is 1.27 bits per heavy atom. The molecule has 0 N–H and O–H groups in total. The van der Waals surface area contributed by atoms with E-state index in [9.17, 15) is 0 Å². The fourth-order valence-corrected chi connectivity index (χ4v) is 1.13. The Morgan fingerprint density at radius 2 is 2.07 bits per heavy atom. The van der Waals surface area contributed by atoms with Gasteiger partial charge in [0.05, 0.1) is 13.2 Å². The molecule has 1 aromatic heterocycles. The quantitative estimate of drug-likeness (QED) is 0.503. The summed E-state index contributed by atoms with van der Waals surface area (Å²) in [4.78, 5) is 4.19. The minimum absolute atomic E-state index is 0.284. The molecule has 4 nitrogen and oxygen atoms in total. The fraction of sp³-hybridized carbons (Fsp3) is 0.545. The van der Waals surface area contributed by atoms with Crippen molar-refractivity contribution in [1.29, 1.82) is 0 Å². The van der Waals surface area contributed by atoms with E-state index in [0.717, 1.165) is 12.1 Å². The Labute approximate surface area is 90.2 Å². The smallest absolute Gasteiger partial charge is 0.180 e. The van der Waals surface area contributed by atoms with Gasteiger partial charge in [-0.15, -0.1) is 0 Å². The van der Waals surface area contributed by atoms with Gasteiger partial charge in [0.15, 0.2) is 6.29 Å². The molecule has 0 fully saturated rings. The highest BCUT2D eigenvalue weighted by atomic mass is 16.7. The van der Waals surface area contributed by atoms with Gasteiger partial charge in [-0.2, -0.15) is 0 Å². The topological polar surface area (TPSA) is 40.6 Å². The van der Waals surface area contributed by atoms with Crippen LogP contribution < -0.4 is 0 Å². The number of pyridine rings is 1. The second kappa shape index (κ2) is 7.34. The highest BCUT2D eigenvalue weighted by Crippen LogP contribution is 1.97. The third kappa shape index (κ3) is 4.88. The molecule has 1 heterocycles. The van der Waals surface area contributed by atoms with E-state index >= 15 is 0 Å². The van der Waals surface area contributed by atoms with Crippen LogP contribution in [0.3, 0.4) is 0 Å². The van der Waals surface area contributed by atoms with Gasteiger partial charge >= 0.3 is 0 Å². The summed E-state index contributed by atoms with van der Waals surface area (Å²) in [5.74, 6) is 0. The van der Waals surface area contributed by atoms with Gasteiger partial charge in [-0.25, -0.2) is 0 Å². The lowest BCUT2D eigenvalue weighted by atomic mass is 10.3. The summed E-state index contributed by atoms with van der Waals surface area (Å²) in [5, 5.41) is 0. The van der Waals surface area contributed by atoms with Crippen LogP contribution in [-0.2, 0) is 20.6 Å². The maximum absolute atomic E-state index is 5.39. The lowest BCUT2D eigenvalue weighted by molar-refractivity contribution is -0.139. The van der Waals surface area contributed by atoms with E-state index in [4.69, 9.17) is 14.2 Å². The Morgan fingerprint density at radius 3 is 2.67 bits per heavy atom. The average molecular weight is 211 g/mol. The summed E-state index contributed by atoms with van der Waals surface area (Å²) < 4.78 is 15.4. The van der Waals surface area contributed by atoms with Gasteiger partial charge < -0.3 is 14.2 Å². The third-order valence-corrected chi connectivity index (χ3v) is 2.01. The number of hydrogen-bond donors (Lipinski definition) is 0. The fourth-order valence-electron chi connectivity index (χ4n) is 1.13. The maximum Gasteiger partial charge on any atom is 0.180 e. The van der Waals surface area contributed by atoms with Gasteiger partial charge in [0.25, 0.3) is 0 Å². The highest BCUT2D eigenvalue weighted by Gasteiger charge is 2.04. The van der Waals surface area contributed by atoms with Crippen LogP contribution >= 0.6 is 0 Å². The molecule has 0 spiro atoms. The lowest BCUT2D eigenvalue weighted by Crippen LogP contribution is -2.20. The number of ether oxygens (including phenoxy) is 3. The predicted octanol–water partition coefficient (Wildman–Crippen LogP) is 1.26. The van der Waals surface area contributed by atoms with E-state index in [0.29, 0.717) is 13.2 Å². The zero-order valence-electron chi connectivity index (χ0n) is 9.18. The van der Waals surface area contributed by atoms with Crippen molar-refractivity contribution in [3.8, 4) is 0 Å². The van der Waals surface area contributed by atoms with Crippen molar-refractivity contribution in [2.45, 2.75) is 12.7 Å². The van der Waals surface area contributed by atoms with E-state index in [2.05, 4.69) is 4.98 Å². The normalized spacial score (nSPS) is 10.9. The van der Waals surface area contributed by atoms with Crippen LogP contribution in [0.4, 0.5) is 0 Å². The molecule has 0 saturated heterocycles. The monoisotopic (exact) mass is 211 g/mol. The van der Waals surface area contributed by atoms with Crippen molar-refractivity contribution >= 4 is 0 Å². The van der Waals surface area contributed by atoms with Crippen molar-refractivity contribution in [2.24, 2.45) is 0 Å². The molecule has 84 valence electrons. The molecule has 4 heteroatoms. The first kappa shape index (κ1) is 12.1. The van der Waals surface area contributed by atoms with Crippen molar-refractivity contribution < 1.29 is 14.2 Å². The second-order valence-electron chi connectivity index (χ2n) is 3.05. The Kier molecular flexibility index (Phi) is 5.92. The summed E-state index contributed by atoms with van der Waals surface area (Å²) in [6.45, 7) is 1.07. The Bertz CT molecular complexity index is 249. The third-order valence-electron chi connectivity index (χ3n) is 2.01. The van der Waals surface area contributed by atoms with E-state index in [1.807, 2.05) is 18.2 Å². The minimum atomic E-state index is -0.284. The van der Waals surface area contributed by atoms with E-state index in [1.54, 1.807) is 20.4 Å². The van der Waals surface area contributed by atoms with Crippen LogP contribution in [-0.4, -0.2) is 38.7 Å². The lowest BCUT2D eigenvalue weighted by Gasteiger charge is -2.13. The number of methoxy groups -OCH3 is 2. The molecule has 0 aliphatic rings. The molecule has 0 saturated carbocycles. The number of rotatable bonds is 7. The van der Waals surface area contributed by atoms with Crippen LogP contribution in [0.25, 0.3) is 0 Å². The largest absolute Gasteiger partial charge is 0.376 e. The molecule has 1 rings (SSSR count). The van der Waals surface area contributed by atoms with Gasteiger partial charge in [0, 0.05) is 32.5 Å². The van der Waals surface area contributed by atoms with Gasteiger partial charge in [0.2, 0.25) is 0 Å². The van der Waals surface area contributed by atoms with Crippen molar-refractivity contribution in [2.75, 3.05) is 27.4 Å². The van der Waals surface area contributed by atoms with Crippen LogP contribution in [0.5, 0.6) is 0 Å². The van der Waals surface area contributed by atoms with Gasteiger partial charge in [-0.3, -0.25) is 4.98 Å². The van der Waals surface area contributed by atoms with E-state index < -0.39 is 0 Å². The first-order valence-corrected chi connectivity index (χ1v) is 4.90. The Balaban J connectivity index is 2.12. The molecule has 1 aromatic rings. The van der Waals surface area contributed by atoms with Crippen molar-refractivity contribution in [1.82, 2.24) is 4.98 Å². The molecule has 0 bridgehead atoms. The minimum Gasteiger partial charge on any atom is -0.376 e. The molecular weight excluding hydrogens is 194 g/mol.